The van der Waals surface area contributed by atoms with Crippen LogP contribution >= 0.6 is 0 Å². The van der Waals surface area contributed by atoms with Crippen molar-refractivity contribution in [3.05, 3.63) is 24.0 Å². The molecular weight excluding hydrogens is 206 g/mol. The number of sulfonamides is 1. The van der Waals surface area contributed by atoms with Gasteiger partial charge < -0.3 is 5.73 Å². The van der Waals surface area contributed by atoms with Crippen molar-refractivity contribution in [3.8, 4) is 0 Å². The lowest BCUT2D eigenvalue weighted by Crippen LogP contribution is -2.18. The van der Waals surface area contributed by atoms with Crippen LogP contribution in [-0.2, 0) is 10.0 Å². The molecule has 0 saturated carbocycles. The van der Waals surface area contributed by atoms with Crippen LogP contribution in [0.3, 0.4) is 0 Å². The molecule has 7 heteroatoms. The van der Waals surface area contributed by atoms with Gasteiger partial charge in [0.1, 0.15) is 0 Å². The number of anilines is 1. The summed E-state index contributed by atoms with van der Waals surface area (Å²) >= 11 is 0. The Balaban J connectivity index is 3.15. The van der Waals surface area contributed by atoms with E-state index in [1.807, 2.05) is 0 Å². The number of carbonyl (C=O) groups is 1. The van der Waals surface area contributed by atoms with Crippen LogP contribution in [0.1, 0.15) is 10.5 Å². The van der Waals surface area contributed by atoms with E-state index in [-0.39, 0.29) is 11.4 Å². The fourth-order valence-corrected chi connectivity index (χ4v) is 1.45. The largest absolute Gasteiger partial charge is 0.364 e. The van der Waals surface area contributed by atoms with E-state index in [1.165, 1.54) is 18.3 Å². The van der Waals surface area contributed by atoms with Gasteiger partial charge in [0.25, 0.3) is 5.91 Å². The minimum Gasteiger partial charge on any atom is -0.364 e. The smallest absolute Gasteiger partial charge is 0.269 e. The first-order valence-corrected chi connectivity index (χ1v) is 5.52. The second kappa shape index (κ2) is 3.62. The highest BCUT2D eigenvalue weighted by Gasteiger charge is 2.11. The molecule has 1 aromatic rings. The molecule has 0 aromatic carbocycles. The maximum Gasteiger partial charge on any atom is 0.269 e. The lowest BCUT2D eigenvalue weighted by molar-refractivity contribution is 0.0996. The van der Waals surface area contributed by atoms with Gasteiger partial charge >= 0.3 is 0 Å². The van der Waals surface area contributed by atoms with Gasteiger partial charge in [-0.2, -0.15) is 0 Å². The number of primary amides is 1. The summed E-state index contributed by atoms with van der Waals surface area (Å²) in [7, 11) is -3.43. The molecular formula is C7H9N3O3S. The molecule has 6 nitrogen and oxygen atoms in total. The van der Waals surface area contributed by atoms with Crippen molar-refractivity contribution >= 4 is 21.6 Å². The molecule has 14 heavy (non-hydrogen) atoms. The Morgan fingerprint density at radius 2 is 2.21 bits per heavy atom. The van der Waals surface area contributed by atoms with Crippen LogP contribution in [0.4, 0.5) is 5.69 Å². The lowest BCUT2D eigenvalue weighted by atomic mass is 10.3. The molecule has 0 unspecified atom stereocenters. The quantitative estimate of drug-likeness (QED) is 0.712. The fraction of sp³-hybridized carbons (Fsp3) is 0.143. The van der Waals surface area contributed by atoms with Gasteiger partial charge in [-0.15, -0.1) is 0 Å². The summed E-state index contributed by atoms with van der Waals surface area (Å²) in [6.07, 6.45) is 2.33. The average Bonchev–Trinajstić information content (AvgIpc) is 2.01. The highest BCUT2D eigenvalue weighted by Crippen LogP contribution is 2.12. The summed E-state index contributed by atoms with van der Waals surface area (Å²) < 4.78 is 23.9. The van der Waals surface area contributed by atoms with Crippen LogP contribution in [0.5, 0.6) is 0 Å². The Kier molecular flexibility index (Phi) is 2.70. The third kappa shape index (κ3) is 2.70. The van der Waals surface area contributed by atoms with Crippen molar-refractivity contribution in [2.24, 2.45) is 5.73 Å². The minimum atomic E-state index is -3.43. The molecule has 0 aliphatic rings. The molecule has 0 saturated heterocycles. The van der Waals surface area contributed by atoms with E-state index in [0.29, 0.717) is 0 Å². The summed E-state index contributed by atoms with van der Waals surface area (Å²) in [5.74, 6) is -0.781. The first-order chi connectivity index (χ1) is 6.40. The van der Waals surface area contributed by atoms with E-state index >= 15 is 0 Å². The molecule has 1 heterocycles. The van der Waals surface area contributed by atoms with Crippen LogP contribution in [0.2, 0.25) is 0 Å². The average molecular weight is 215 g/mol. The Labute approximate surface area is 81.2 Å². The van der Waals surface area contributed by atoms with E-state index in [9.17, 15) is 13.2 Å². The molecule has 0 aliphatic carbocycles. The second-order valence-corrected chi connectivity index (χ2v) is 4.39. The first kappa shape index (κ1) is 10.5. The van der Waals surface area contributed by atoms with Gasteiger partial charge in [0.05, 0.1) is 11.9 Å². The summed E-state index contributed by atoms with van der Waals surface area (Å²) in [5, 5.41) is 0. The van der Waals surface area contributed by atoms with Gasteiger partial charge in [-0.25, -0.2) is 13.4 Å². The summed E-state index contributed by atoms with van der Waals surface area (Å²) in [4.78, 5) is 14.5. The van der Waals surface area contributed by atoms with E-state index < -0.39 is 15.9 Å². The molecule has 1 rings (SSSR count). The van der Waals surface area contributed by atoms with Gasteiger partial charge in [-0.05, 0) is 12.1 Å². The molecule has 0 atom stereocenters. The van der Waals surface area contributed by atoms with Gasteiger partial charge in [0, 0.05) is 6.20 Å². The number of hydrogen-bond donors (Lipinski definition) is 2. The van der Waals surface area contributed by atoms with E-state index in [0.717, 1.165) is 6.26 Å². The maximum absolute atomic E-state index is 10.9. The number of hydrogen-bond acceptors (Lipinski definition) is 4. The third-order valence-electron chi connectivity index (χ3n) is 1.34. The Morgan fingerprint density at radius 1 is 1.57 bits per heavy atom. The number of nitrogens with zero attached hydrogens (tertiary/aromatic N) is 1. The molecule has 1 aromatic heterocycles. The Hall–Kier alpha value is -1.63. The number of aromatic nitrogens is 1. The van der Waals surface area contributed by atoms with Crippen LogP contribution in [0, 0.1) is 0 Å². The standard InChI is InChI=1S/C7H9N3O3S/c1-14(12,13)10-5-3-2-4-9-6(5)7(8)11/h2-4,10H,1H3,(H2,8,11). The molecule has 1 amide bonds. The van der Waals surface area contributed by atoms with Crippen LogP contribution in [0.25, 0.3) is 0 Å². The summed E-state index contributed by atoms with van der Waals surface area (Å²) in [6.45, 7) is 0. The number of carbonyl (C=O) groups excluding carboxylic acids is 1. The number of pyridine rings is 1. The number of amides is 1. The predicted molar refractivity (Wildman–Crippen MR) is 51.2 cm³/mol. The number of nitrogens with one attached hydrogen (secondary N) is 1. The molecule has 0 spiro atoms. The molecule has 0 radical (unpaired) electrons. The van der Waals surface area contributed by atoms with Gasteiger partial charge in [0.15, 0.2) is 5.69 Å². The summed E-state index contributed by atoms with van der Waals surface area (Å²) in [6, 6.07) is 2.91. The minimum absolute atomic E-state index is 0.0856. The van der Waals surface area contributed by atoms with Crippen molar-refractivity contribution in [3.63, 3.8) is 0 Å². The zero-order chi connectivity index (χ0) is 10.8. The van der Waals surface area contributed by atoms with Crippen molar-refractivity contribution in [2.45, 2.75) is 0 Å². The third-order valence-corrected chi connectivity index (χ3v) is 1.93. The first-order valence-electron chi connectivity index (χ1n) is 3.63. The zero-order valence-corrected chi connectivity index (χ0v) is 8.21. The molecule has 3 N–H and O–H groups in total. The molecule has 0 bridgehead atoms. The molecule has 0 aliphatic heterocycles. The Bertz CT molecular complexity index is 455. The monoisotopic (exact) mass is 215 g/mol. The highest BCUT2D eigenvalue weighted by molar-refractivity contribution is 7.92. The second-order valence-electron chi connectivity index (χ2n) is 2.64. The van der Waals surface area contributed by atoms with E-state index in [2.05, 4.69) is 9.71 Å². The maximum atomic E-state index is 10.9. The zero-order valence-electron chi connectivity index (χ0n) is 7.39. The Morgan fingerprint density at radius 3 is 2.71 bits per heavy atom. The van der Waals surface area contributed by atoms with E-state index in [4.69, 9.17) is 5.73 Å². The highest BCUT2D eigenvalue weighted by atomic mass is 32.2. The van der Waals surface area contributed by atoms with Crippen molar-refractivity contribution in [1.82, 2.24) is 4.98 Å². The van der Waals surface area contributed by atoms with E-state index in [1.54, 1.807) is 0 Å². The van der Waals surface area contributed by atoms with Crippen LogP contribution in [0.15, 0.2) is 18.3 Å². The van der Waals surface area contributed by atoms with Crippen LogP contribution in [-0.4, -0.2) is 25.6 Å². The SMILES string of the molecule is CS(=O)(=O)Nc1cccnc1C(N)=O. The van der Waals surface area contributed by atoms with Gasteiger partial charge in [-0.3, -0.25) is 9.52 Å². The normalized spacial score (nSPS) is 10.9. The number of rotatable bonds is 3. The van der Waals surface area contributed by atoms with Crippen molar-refractivity contribution < 1.29 is 13.2 Å². The van der Waals surface area contributed by atoms with Gasteiger partial charge in [-0.1, -0.05) is 0 Å². The van der Waals surface area contributed by atoms with Crippen molar-refractivity contribution in [1.29, 1.82) is 0 Å². The van der Waals surface area contributed by atoms with Gasteiger partial charge in [0.2, 0.25) is 10.0 Å². The molecule has 0 fully saturated rings. The molecule has 76 valence electrons. The lowest BCUT2D eigenvalue weighted by Gasteiger charge is -2.05. The summed E-state index contributed by atoms with van der Waals surface area (Å²) in [5.41, 5.74) is 4.98. The fourth-order valence-electron chi connectivity index (χ4n) is 0.884. The van der Waals surface area contributed by atoms with Crippen molar-refractivity contribution in [2.75, 3.05) is 11.0 Å². The topological polar surface area (TPSA) is 102 Å². The predicted octanol–water partition coefficient (Wildman–Crippen LogP) is -0.448. The van der Waals surface area contributed by atoms with Crippen LogP contribution < -0.4 is 10.5 Å². The number of nitrogens with two attached hydrogens (primary N) is 1.